The van der Waals surface area contributed by atoms with E-state index in [4.69, 9.17) is 24.2 Å². The molecule has 0 heterocycles. The molecule has 0 spiro atoms. The molecule has 0 aliphatic rings. The fourth-order valence-corrected chi connectivity index (χ4v) is 10.1. The second-order valence-corrected chi connectivity index (χ2v) is 13.1. The average Bonchev–Trinajstić information content (AvgIpc) is 2.87. The predicted octanol–water partition coefficient (Wildman–Crippen LogP) is 6.24. The maximum Gasteiger partial charge on any atom is 0.223 e. The average molecular weight is 520 g/mol. The first kappa shape index (κ1) is 24.5. The minimum Gasteiger partial charge on any atom is -0.767 e. The first-order chi connectivity index (χ1) is 16.5. The van der Waals surface area contributed by atoms with Gasteiger partial charge in [0.2, 0.25) is 5.91 Å². The number of thioether (sulfide) groups is 1. The van der Waals surface area contributed by atoms with Crippen LogP contribution in [0.25, 0.3) is 0 Å². The van der Waals surface area contributed by atoms with Gasteiger partial charge in [-0.05, 0) is 60.7 Å². The molecule has 4 aromatic carbocycles. The Morgan fingerprint density at radius 3 is 1.53 bits per heavy atom. The van der Waals surface area contributed by atoms with E-state index in [0.29, 0.717) is 9.26 Å². The molecule has 0 aliphatic heterocycles. The SMILES string of the molecule is CC(=O)NC(=C([S-])Sc1ccc(Cl)cc1)[P+](c1ccccc1)(c1ccccc1)c1ccccc1. The summed E-state index contributed by atoms with van der Waals surface area (Å²) < 4.78 is 0.627. The highest BCUT2D eigenvalue weighted by molar-refractivity contribution is 8.12. The second kappa shape index (κ2) is 11.2. The molecule has 1 N–H and O–H groups in total. The third-order valence-corrected chi connectivity index (χ3v) is 11.4. The Morgan fingerprint density at radius 1 is 0.735 bits per heavy atom. The van der Waals surface area contributed by atoms with E-state index in [2.05, 4.69) is 41.7 Å². The molecule has 0 saturated heterocycles. The van der Waals surface area contributed by atoms with Gasteiger partial charge in [0.15, 0.2) is 12.7 Å². The van der Waals surface area contributed by atoms with Crippen molar-refractivity contribution in [3.8, 4) is 0 Å². The van der Waals surface area contributed by atoms with Crippen LogP contribution in [0.2, 0.25) is 5.02 Å². The van der Waals surface area contributed by atoms with Gasteiger partial charge >= 0.3 is 0 Å². The first-order valence-electron chi connectivity index (χ1n) is 10.7. The van der Waals surface area contributed by atoms with Crippen LogP contribution in [0, 0.1) is 0 Å². The van der Waals surface area contributed by atoms with Crippen LogP contribution in [-0.4, -0.2) is 5.91 Å². The largest absolute Gasteiger partial charge is 0.767 e. The van der Waals surface area contributed by atoms with Gasteiger partial charge in [0.1, 0.15) is 15.9 Å². The van der Waals surface area contributed by atoms with E-state index in [1.54, 1.807) is 0 Å². The van der Waals surface area contributed by atoms with Crippen molar-refractivity contribution >= 4 is 65.1 Å². The minimum absolute atomic E-state index is 0.152. The highest BCUT2D eigenvalue weighted by atomic mass is 35.5. The van der Waals surface area contributed by atoms with Gasteiger partial charge in [0.25, 0.3) is 0 Å². The van der Waals surface area contributed by atoms with Crippen molar-refractivity contribution in [2.45, 2.75) is 11.8 Å². The van der Waals surface area contributed by atoms with Crippen LogP contribution < -0.4 is 21.2 Å². The Balaban J connectivity index is 2.07. The second-order valence-electron chi connectivity index (χ2n) is 7.55. The van der Waals surface area contributed by atoms with Crippen molar-refractivity contribution in [2.75, 3.05) is 0 Å². The summed E-state index contributed by atoms with van der Waals surface area (Å²) in [6, 6.07) is 38.6. The number of nitrogens with one attached hydrogen (secondary N) is 1. The molecular formula is C28H23ClNOPS2. The molecule has 0 atom stereocenters. The van der Waals surface area contributed by atoms with Crippen molar-refractivity contribution in [3.05, 3.63) is 130 Å². The molecule has 6 heteroatoms. The van der Waals surface area contributed by atoms with Crippen LogP contribution >= 0.6 is 30.6 Å². The molecule has 0 aliphatic carbocycles. The van der Waals surface area contributed by atoms with Gasteiger partial charge in [-0.25, -0.2) is 0 Å². The van der Waals surface area contributed by atoms with E-state index in [1.807, 2.05) is 78.9 Å². The molecule has 0 bridgehead atoms. The maximum absolute atomic E-state index is 12.6. The summed E-state index contributed by atoms with van der Waals surface area (Å²) in [5, 5.41) is 7.22. The third-order valence-electron chi connectivity index (χ3n) is 5.28. The Morgan fingerprint density at radius 2 is 1.15 bits per heavy atom. The summed E-state index contributed by atoms with van der Waals surface area (Å²) in [6.07, 6.45) is 0. The normalized spacial score (nSPS) is 12.1. The van der Waals surface area contributed by atoms with E-state index in [-0.39, 0.29) is 5.91 Å². The molecule has 0 unspecified atom stereocenters. The van der Waals surface area contributed by atoms with Crippen molar-refractivity contribution in [1.29, 1.82) is 0 Å². The van der Waals surface area contributed by atoms with Gasteiger partial charge in [-0.1, -0.05) is 70.4 Å². The van der Waals surface area contributed by atoms with Crippen LogP contribution in [0.1, 0.15) is 6.92 Å². The van der Waals surface area contributed by atoms with Crippen LogP contribution in [0.3, 0.4) is 0 Å². The molecule has 0 radical (unpaired) electrons. The molecular weight excluding hydrogens is 497 g/mol. The number of amides is 1. The van der Waals surface area contributed by atoms with Crippen molar-refractivity contribution < 1.29 is 4.79 Å². The van der Waals surface area contributed by atoms with E-state index < -0.39 is 7.26 Å². The Hall–Kier alpha value is -2.62. The van der Waals surface area contributed by atoms with Crippen LogP contribution in [-0.2, 0) is 17.4 Å². The van der Waals surface area contributed by atoms with E-state index in [1.165, 1.54) is 18.7 Å². The number of hydrogen-bond donors (Lipinski definition) is 1. The molecule has 0 fully saturated rings. The minimum atomic E-state index is -2.52. The Kier molecular flexibility index (Phi) is 8.07. The number of benzene rings is 4. The zero-order valence-corrected chi connectivity index (χ0v) is 21.8. The van der Waals surface area contributed by atoms with Gasteiger partial charge in [0, 0.05) is 16.8 Å². The highest BCUT2D eigenvalue weighted by Crippen LogP contribution is 2.63. The van der Waals surface area contributed by atoms with Crippen molar-refractivity contribution in [2.24, 2.45) is 0 Å². The van der Waals surface area contributed by atoms with Crippen LogP contribution in [0.5, 0.6) is 0 Å². The predicted molar refractivity (Wildman–Crippen MR) is 151 cm³/mol. The number of rotatable bonds is 7. The molecule has 2 nitrogen and oxygen atoms in total. The lowest BCUT2D eigenvalue weighted by Gasteiger charge is -2.32. The smallest absolute Gasteiger partial charge is 0.223 e. The first-order valence-corrected chi connectivity index (χ1v) is 14.1. The summed E-state index contributed by atoms with van der Waals surface area (Å²) in [5.74, 6) is -0.152. The maximum atomic E-state index is 12.6. The quantitative estimate of drug-likeness (QED) is 0.178. The van der Waals surface area contributed by atoms with Crippen molar-refractivity contribution in [3.63, 3.8) is 0 Å². The fraction of sp³-hybridized carbons (Fsp3) is 0.0357. The summed E-state index contributed by atoms with van der Waals surface area (Å²) in [5.41, 5.74) is 0.763. The van der Waals surface area contributed by atoms with Gasteiger partial charge in [-0.3, -0.25) is 10.1 Å². The summed E-state index contributed by atoms with van der Waals surface area (Å²) in [6.45, 7) is 1.53. The van der Waals surface area contributed by atoms with Crippen molar-refractivity contribution in [1.82, 2.24) is 5.32 Å². The Labute approximate surface area is 216 Å². The lowest BCUT2D eigenvalue weighted by atomic mass is 10.4. The molecule has 0 saturated carbocycles. The summed E-state index contributed by atoms with van der Waals surface area (Å²) in [7, 11) is -2.52. The lowest BCUT2D eigenvalue weighted by molar-refractivity contribution is -0.118. The lowest BCUT2D eigenvalue weighted by Crippen LogP contribution is -2.38. The molecule has 34 heavy (non-hydrogen) atoms. The van der Waals surface area contributed by atoms with Gasteiger partial charge < -0.3 is 12.6 Å². The number of hydrogen-bond acceptors (Lipinski definition) is 3. The molecule has 1 amide bonds. The molecule has 4 aromatic rings. The van der Waals surface area contributed by atoms with Crippen LogP contribution in [0.15, 0.2) is 130 Å². The zero-order chi connectivity index (χ0) is 24.0. The molecule has 0 aromatic heterocycles. The summed E-state index contributed by atoms with van der Waals surface area (Å²) >= 11 is 13.6. The number of carbonyl (C=O) groups excluding carboxylic acids is 1. The monoisotopic (exact) mass is 519 g/mol. The van der Waals surface area contributed by atoms with E-state index >= 15 is 0 Å². The number of halogens is 1. The van der Waals surface area contributed by atoms with E-state index in [9.17, 15) is 4.79 Å². The summed E-state index contributed by atoms with van der Waals surface area (Å²) in [4.78, 5) is 13.6. The molecule has 4 rings (SSSR count). The third kappa shape index (κ3) is 5.21. The van der Waals surface area contributed by atoms with Crippen LogP contribution in [0.4, 0.5) is 0 Å². The van der Waals surface area contributed by atoms with Gasteiger partial charge in [-0.15, -0.1) is 11.8 Å². The van der Waals surface area contributed by atoms with Gasteiger partial charge in [-0.2, -0.15) is 0 Å². The van der Waals surface area contributed by atoms with E-state index in [0.717, 1.165) is 26.2 Å². The molecule has 170 valence electrons. The fourth-order valence-electron chi connectivity index (χ4n) is 3.89. The number of carbonyl (C=O) groups is 1. The zero-order valence-electron chi connectivity index (χ0n) is 18.5. The topological polar surface area (TPSA) is 29.1 Å². The highest BCUT2D eigenvalue weighted by Gasteiger charge is 2.50. The van der Waals surface area contributed by atoms with Gasteiger partial charge in [0.05, 0.1) is 0 Å². The Bertz CT molecular complexity index is 1180. The standard InChI is InChI=1S/C28H23ClNOPS2/c1-21(31)30-27(28(33)34-26-19-17-22(29)18-20-26)32(23-11-5-2-6-12-23,24-13-7-3-8-14-24)25-15-9-4-10-16-25/h2-20H,1H3,(H-,30,31,33).